The van der Waals surface area contributed by atoms with E-state index in [0.717, 1.165) is 12.3 Å². The van der Waals surface area contributed by atoms with E-state index < -0.39 is 0 Å². The number of nitrogens with two attached hydrogens (primary N) is 1. The van der Waals surface area contributed by atoms with Gasteiger partial charge in [-0.2, -0.15) is 0 Å². The monoisotopic (exact) mass is 207 g/mol. The molecule has 0 aromatic carbocycles. The van der Waals surface area contributed by atoms with Crippen LogP contribution in [-0.4, -0.2) is 16.6 Å². The molecule has 1 aromatic heterocycles. The Bertz CT molecular complexity index is 310. The van der Waals surface area contributed by atoms with E-state index in [1.807, 2.05) is 0 Å². The van der Waals surface area contributed by atoms with E-state index in [2.05, 4.69) is 9.97 Å². The fraction of sp³-hybridized carbons (Fsp3) is 0.636. The predicted molar refractivity (Wildman–Crippen MR) is 57.4 cm³/mol. The molecule has 0 aliphatic heterocycles. The van der Waals surface area contributed by atoms with Gasteiger partial charge in [-0.05, 0) is 18.8 Å². The minimum atomic E-state index is 0.383. The Balaban J connectivity index is 1.91. The number of nitrogens with zero attached hydrogens (tertiary/aromatic N) is 2. The fourth-order valence-electron chi connectivity index (χ4n) is 1.99. The molecular weight excluding hydrogens is 190 g/mol. The summed E-state index contributed by atoms with van der Waals surface area (Å²) in [5, 5.41) is 0. The van der Waals surface area contributed by atoms with Crippen LogP contribution in [0.3, 0.4) is 0 Å². The molecule has 1 fully saturated rings. The molecule has 0 radical (unpaired) electrons. The van der Waals surface area contributed by atoms with Gasteiger partial charge in [0.05, 0.1) is 6.61 Å². The maximum atomic E-state index is 5.66. The molecular formula is C11H17N3O. The van der Waals surface area contributed by atoms with Gasteiger partial charge >= 0.3 is 0 Å². The third kappa shape index (κ3) is 2.65. The van der Waals surface area contributed by atoms with Crippen LogP contribution in [0.4, 0.5) is 0 Å². The topological polar surface area (TPSA) is 61.0 Å². The van der Waals surface area contributed by atoms with Crippen LogP contribution in [-0.2, 0) is 6.54 Å². The van der Waals surface area contributed by atoms with Crippen LogP contribution >= 0.6 is 0 Å². The van der Waals surface area contributed by atoms with Gasteiger partial charge in [0.25, 0.3) is 0 Å². The van der Waals surface area contributed by atoms with Crippen molar-refractivity contribution in [3.8, 4) is 5.88 Å². The first-order valence-electron chi connectivity index (χ1n) is 5.53. The second kappa shape index (κ2) is 5.07. The van der Waals surface area contributed by atoms with Crippen LogP contribution in [0.1, 0.15) is 31.4 Å². The zero-order chi connectivity index (χ0) is 10.5. The first kappa shape index (κ1) is 10.4. The molecule has 82 valence electrons. The molecule has 1 aliphatic carbocycles. The van der Waals surface area contributed by atoms with Gasteiger partial charge in [-0.15, -0.1) is 0 Å². The third-order valence-corrected chi connectivity index (χ3v) is 2.86. The highest BCUT2D eigenvalue weighted by molar-refractivity contribution is 5.16. The van der Waals surface area contributed by atoms with Gasteiger partial charge in [0, 0.05) is 18.9 Å². The molecule has 0 amide bonds. The zero-order valence-corrected chi connectivity index (χ0v) is 8.85. The summed E-state index contributed by atoms with van der Waals surface area (Å²) in [6.07, 6.45) is 8.50. The molecule has 4 heteroatoms. The number of aromatic nitrogens is 2. The molecule has 15 heavy (non-hydrogen) atoms. The standard InChI is InChI=1S/C11H17N3O/c12-7-10-11(14-6-5-13-10)15-8-9-3-1-2-4-9/h5-6,9H,1-4,7-8,12H2. The van der Waals surface area contributed by atoms with Gasteiger partial charge in [0.2, 0.25) is 5.88 Å². The van der Waals surface area contributed by atoms with Crippen molar-refractivity contribution in [2.75, 3.05) is 6.61 Å². The molecule has 1 heterocycles. The Labute approximate surface area is 89.9 Å². The molecule has 0 saturated heterocycles. The average Bonchev–Trinajstić information content (AvgIpc) is 2.79. The Hall–Kier alpha value is -1.16. The molecule has 1 aromatic rings. The van der Waals surface area contributed by atoms with Crippen molar-refractivity contribution >= 4 is 0 Å². The molecule has 0 bridgehead atoms. The third-order valence-electron chi connectivity index (χ3n) is 2.86. The molecule has 0 atom stereocenters. The largest absolute Gasteiger partial charge is 0.476 e. The van der Waals surface area contributed by atoms with Gasteiger partial charge in [-0.25, -0.2) is 4.98 Å². The Morgan fingerprint density at radius 2 is 2.00 bits per heavy atom. The van der Waals surface area contributed by atoms with E-state index in [4.69, 9.17) is 10.5 Å². The van der Waals surface area contributed by atoms with Crippen molar-refractivity contribution in [1.29, 1.82) is 0 Å². The van der Waals surface area contributed by atoms with E-state index in [9.17, 15) is 0 Å². The van der Waals surface area contributed by atoms with Crippen molar-refractivity contribution in [2.24, 2.45) is 11.7 Å². The van der Waals surface area contributed by atoms with Crippen molar-refractivity contribution in [3.05, 3.63) is 18.1 Å². The number of rotatable bonds is 4. The Morgan fingerprint density at radius 3 is 2.73 bits per heavy atom. The minimum absolute atomic E-state index is 0.383. The van der Waals surface area contributed by atoms with E-state index in [-0.39, 0.29) is 0 Å². The molecule has 4 nitrogen and oxygen atoms in total. The van der Waals surface area contributed by atoms with Crippen molar-refractivity contribution in [3.63, 3.8) is 0 Å². The van der Waals surface area contributed by atoms with Gasteiger partial charge in [0.15, 0.2) is 0 Å². The summed E-state index contributed by atoms with van der Waals surface area (Å²) in [5.41, 5.74) is 6.30. The minimum Gasteiger partial charge on any atom is -0.476 e. The second-order valence-corrected chi connectivity index (χ2v) is 3.97. The first-order valence-corrected chi connectivity index (χ1v) is 5.53. The van der Waals surface area contributed by atoms with Crippen LogP contribution in [0.2, 0.25) is 0 Å². The van der Waals surface area contributed by atoms with Crippen molar-refractivity contribution < 1.29 is 4.74 Å². The summed E-state index contributed by atoms with van der Waals surface area (Å²) < 4.78 is 5.66. The first-order chi connectivity index (χ1) is 7.40. The van der Waals surface area contributed by atoms with E-state index >= 15 is 0 Å². The maximum absolute atomic E-state index is 5.66. The predicted octanol–water partition coefficient (Wildman–Crippen LogP) is 1.50. The van der Waals surface area contributed by atoms with Crippen LogP contribution < -0.4 is 10.5 Å². The zero-order valence-electron chi connectivity index (χ0n) is 8.85. The van der Waals surface area contributed by atoms with Gasteiger partial charge in [-0.3, -0.25) is 4.98 Å². The molecule has 2 rings (SSSR count). The highest BCUT2D eigenvalue weighted by Crippen LogP contribution is 2.25. The smallest absolute Gasteiger partial charge is 0.236 e. The molecule has 1 aliphatic rings. The summed E-state index contributed by atoms with van der Waals surface area (Å²) in [5.74, 6) is 1.30. The number of hydrogen-bond donors (Lipinski definition) is 1. The second-order valence-electron chi connectivity index (χ2n) is 3.97. The van der Waals surface area contributed by atoms with E-state index in [1.54, 1.807) is 12.4 Å². The van der Waals surface area contributed by atoms with Gasteiger partial charge in [-0.1, -0.05) is 12.8 Å². The number of hydrogen-bond acceptors (Lipinski definition) is 4. The summed E-state index contributed by atoms with van der Waals surface area (Å²) in [6.45, 7) is 1.14. The van der Waals surface area contributed by atoms with Crippen LogP contribution in [0.15, 0.2) is 12.4 Å². The Morgan fingerprint density at radius 1 is 1.27 bits per heavy atom. The van der Waals surface area contributed by atoms with Gasteiger partial charge < -0.3 is 10.5 Å². The summed E-state index contributed by atoms with van der Waals surface area (Å²) in [6, 6.07) is 0. The van der Waals surface area contributed by atoms with E-state index in [0.29, 0.717) is 18.3 Å². The molecule has 2 N–H and O–H groups in total. The molecule has 1 saturated carbocycles. The van der Waals surface area contributed by atoms with Crippen LogP contribution in [0.25, 0.3) is 0 Å². The molecule has 0 spiro atoms. The van der Waals surface area contributed by atoms with Gasteiger partial charge in [0.1, 0.15) is 5.69 Å². The summed E-state index contributed by atoms with van der Waals surface area (Å²) in [4.78, 5) is 8.28. The summed E-state index contributed by atoms with van der Waals surface area (Å²) in [7, 11) is 0. The summed E-state index contributed by atoms with van der Waals surface area (Å²) >= 11 is 0. The normalized spacial score (nSPS) is 16.9. The lowest BCUT2D eigenvalue weighted by atomic mass is 10.1. The highest BCUT2D eigenvalue weighted by Gasteiger charge is 2.16. The quantitative estimate of drug-likeness (QED) is 0.812. The average molecular weight is 207 g/mol. The number of ether oxygens (including phenoxy) is 1. The SMILES string of the molecule is NCc1nccnc1OCC1CCCC1. The van der Waals surface area contributed by atoms with Crippen LogP contribution in [0.5, 0.6) is 5.88 Å². The van der Waals surface area contributed by atoms with Crippen LogP contribution in [0, 0.1) is 5.92 Å². The van der Waals surface area contributed by atoms with Crippen molar-refractivity contribution in [2.45, 2.75) is 32.2 Å². The lowest BCUT2D eigenvalue weighted by Gasteiger charge is -2.11. The highest BCUT2D eigenvalue weighted by atomic mass is 16.5. The fourth-order valence-corrected chi connectivity index (χ4v) is 1.99. The van der Waals surface area contributed by atoms with E-state index in [1.165, 1.54) is 25.7 Å². The van der Waals surface area contributed by atoms with Crippen molar-refractivity contribution in [1.82, 2.24) is 9.97 Å². The lowest BCUT2D eigenvalue weighted by molar-refractivity contribution is 0.240. The lowest BCUT2D eigenvalue weighted by Crippen LogP contribution is -2.12. The maximum Gasteiger partial charge on any atom is 0.236 e. The Kier molecular flexibility index (Phi) is 3.50. The molecule has 0 unspecified atom stereocenters.